The fourth-order valence-corrected chi connectivity index (χ4v) is 2.30. The molecular weight excluding hydrogens is 349 g/mol. The Morgan fingerprint density at radius 2 is 1.92 bits per heavy atom. The van der Waals surface area contributed by atoms with Gasteiger partial charge in [-0.05, 0) is 48.6 Å². The van der Waals surface area contributed by atoms with Crippen molar-refractivity contribution < 1.29 is 27.1 Å². The Balaban J connectivity index is 1.94. The predicted molar refractivity (Wildman–Crippen MR) is 89.8 cm³/mol. The molecule has 0 saturated heterocycles. The zero-order valence-corrected chi connectivity index (χ0v) is 13.5. The second-order valence-corrected chi connectivity index (χ2v) is 5.22. The van der Waals surface area contributed by atoms with Gasteiger partial charge in [0.25, 0.3) is 5.91 Å². The minimum atomic E-state index is -4.76. The Kier molecular flexibility index (Phi) is 4.66. The summed E-state index contributed by atoms with van der Waals surface area (Å²) in [6.07, 6.45) is 0.499. The molecule has 134 valence electrons. The highest BCUT2D eigenvalue weighted by molar-refractivity contribution is 6.32. The molecule has 8 heteroatoms. The zero-order valence-electron chi connectivity index (χ0n) is 13.5. The van der Waals surface area contributed by atoms with E-state index in [1.165, 1.54) is 49.8 Å². The third-order valence-electron chi connectivity index (χ3n) is 3.53. The molecule has 1 amide bonds. The molecule has 0 unspecified atom stereocenters. The van der Waals surface area contributed by atoms with Crippen molar-refractivity contribution in [3.63, 3.8) is 0 Å². The van der Waals surface area contributed by atoms with E-state index in [1.54, 1.807) is 12.1 Å². The van der Waals surface area contributed by atoms with Crippen LogP contribution in [0, 0.1) is 0 Å². The van der Waals surface area contributed by atoms with Crippen LogP contribution in [0.3, 0.4) is 0 Å². The van der Waals surface area contributed by atoms with Crippen molar-refractivity contribution in [2.24, 2.45) is 5.10 Å². The molecule has 1 aliphatic rings. The van der Waals surface area contributed by atoms with Crippen LogP contribution in [0.15, 0.2) is 69.9 Å². The summed E-state index contributed by atoms with van der Waals surface area (Å²) in [7, 11) is 1.46. The van der Waals surface area contributed by atoms with Gasteiger partial charge in [0.2, 0.25) is 0 Å². The molecule has 1 aromatic heterocycles. The Hall–Kier alpha value is -3.29. The van der Waals surface area contributed by atoms with Crippen LogP contribution in [-0.2, 0) is 4.79 Å². The molecule has 5 nitrogen and oxygen atoms in total. The summed E-state index contributed by atoms with van der Waals surface area (Å²) in [5.74, 6) is 0.0916. The number of halogens is 3. The number of ether oxygens (including phenoxy) is 1. The number of hydrogen-bond acceptors (Lipinski definition) is 4. The maximum atomic E-state index is 13.3. The summed E-state index contributed by atoms with van der Waals surface area (Å²) in [6.45, 7) is 0. The molecule has 2 heterocycles. The van der Waals surface area contributed by atoms with Crippen LogP contribution in [0.4, 0.5) is 18.9 Å². The summed E-state index contributed by atoms with van der Waals surface area (Å²) in [6, 6.07) is 9.25. The van der Waals surface area contributed by atoms with Gasteiger partial charge >= 0.3 is 6.18 Å². The van der Waals surface area contributed by atoms with Crippen LogP contribution in [0.2, 0.25) is 0 Å². The van der Waals surface area contributed by atoms with E-state index < -0.39 is 23.4 Å². The number of hydrazone groups is 1. The fraction of sp³-hybridized carbons (Fsp3) is 0.111. The second-order valence-electron chi connectivity index (χ2n) is 5.22. The topological polar surface area (TPSA) is 55.0 Å². The number of carbonyl (C=O) groups is 1. The van der Waals surface area contributed by atoms with E-state index in [0.717, 1.165) is 11.1 Å². The van der Waals surface area contributed by atoms with Crippen molar-refractivity contribution in [3.05, 3.63) is 66.1 Å². The first kappa shape index (κ1) is 17.5. The van der Waals surface area contributed by atoms with Gasteiger partial charge in [0.1, 0.15) is 11.5 Å². The average molecular weight is 362 g/mol. The summed E-state index contributed by atoms with van der Waals surface area (Å²) in [4.78, 5) is 12.5. The Labute approximate surface area is 146 Å². The van der Waals surface area contributed by atoms with E-state index in [9.17, 15) is 18.0 Å². The molecule has 0 atom stereocenters. The van der Waals surface area contributed by atoms with E-state index in [-0.39, 0.29) is 5.69 Å². The van der Waals surface area contributed by atoms with E-state index in [2.05, 4.69) is 5.10 Å². The van der Waals surface area contributed by atoms with Crippen molar-refractivity contribution in [1.29, 1.82) is 0 Å². The maximum Gasteiger partial charge on any atom is 0.435 e. The highest BCUT2D eigenvalue weighted by Crippen LogP contribution is 2.32. The van der Waals surface area contributed by atoms with Gasteiger partial charge in [0.05, 0.1) is 24.6 Å². The number of methoxy groups -OCH3 is 1. The maximum absolute atomic E-state index is 13.3. The Morgan fingerprint density at radius 1 is 1.19 bits per heavy atom. The third-order valence-corrected chi connectivity index (χ3v) is 3.53. The van der Waals surface area contributed by atoms with E-state index >= 15 is 0 Å². The normalized spacial score (nSPS) is 16.6. The first-order chi connectivity index (χ1) is 12.4. The van der Waals surface area contributed by atoms with E-state index in [0.29, 0.717) is 11.5 Å². The molecule has 0 spiro atoms. The van der Waals surface area contributed by atoms with Crippen LogP contribution in [0.25, 0.3) is 6.08 Å². The monoisotopic (exact) mass is 362 g/mol. The smallest absolute Gasteiger partial charge is 0.435 e. The molecule has 3 rings (SSSR count). The molecule has 1 aromatic carbocycles. The predicted octanol–water partition coefficient (Wildman–Crippen LogP) is 4.19. The van der Waals surface area contributed by atoms with Gasteiger partial charge < -0.3 is 9.15 Å². The van der Waals surface area contributed by atoms with Crippen molar-refractivity contribution in [1.82, 2.24) is 0 Å². The van der Waals surface area contributed by atoms with Crippen LogP contribution in [0.1, 0.15) is 5.76 Å². The molecule has 0 aliphatic carbocycles. The lowest BCUT2D eigenvalue weighted by molar-refractivity contribution is -0.114. The van der Waals surface area contributed by atoms with Gasteiger partial charge in [0, 0.05) is 0 Å². The second kappa shape index (κ2) is 6.91. The van der Waals surface area contributed by atoms with Crippen LogP contribution in [-0.4, -0.2) is 24.9 Å². The third kappa shape index (κ3) is 3.53. The van der Waals surface area contributed by atoms with E-state index in [1.807, 2.05) is 0 Å². The quantitative estimate of drug-likeness (QED) is 0.767. The first-order valence-electron chi connectivity index (χ1n) is 7.46. The number of furan rings is 1. The van der Waals surface area contributed by atoms with Gasteiger partial charge in [0.15, 0.2) is 5.71 Å². The molecule has 0 N–H and O–H groups in total. The van der Waals surface area contributed by atoms with Gasteiger partial charge in [-0.15, -0.1) is 0 Å². The number of amides is 1. The zero-order chi connectivity index (χ0) is 18.7. The fourth-order valence-electron chi connectivity index (χ4n) is 2.30. The largest absolute Gasteiger partial charge is 0.497 e. The van der Waals surface area contributed by atoms with Crippen LogP contribution in [0.5, 0.6) is 5.75 Å². The van der Waals surface area contributed by atoms with Crippen molar-refractivity contribution >= 4 is 23.4 Å². The summed E-state index contributed by atoms with van der Waals surface area (Å²) < 4.78 is 49.9. The van der Waals surface area contributed by atoms with Crippen molar-refractivity contribution in [3.8, 4) is 5.75 Å². The van der Waals surface area contributed by atoms with Crippen molar-refractivity contribution in [2.75, 3.05) is 12.1 Å². The van der Waals surface area contributed by atoms with Gasteiger partial charge in [-0.25, -0.2) is 0 Å². The molecule has 0 bridgehead atoms. The van der Waals surface area contributed by atoms with Gasteiger partial charge in [-0.2, -0.15) is 23.3 Å². The lowest BCUT2D eigenvalue weighted by Crippen LogP contribution is -2.25. The highest BCUT2D eigenvalue weighted by atomic mass is 19.4. The minimum absolute atomic E-state index is 0.205. The van der Waals surface area contributed by atoms with Crippen LogP contribution < -0.4 is 9.75 Å². The highest BCUT2D eigenvalue weighted by Gasteiger charge is 2.46. The molecular formula is C18H13F3N2O3. The Morgan fingerprint density at radius 3 is 2.50 bits per heavy atom. The van der Waals surface area contributed by atoms with Gasteiger partial charge in [-0.3, -0.25) is 4.79 Å². The molecule has 26 heavy (non-hydrogen) atoms. The van der Waals surface area contributed by atoms with Gasteiger partial charge in [-0.1, -0.05) is 6.08 Å². The Bertz CT molecular complexity index is 879. The van der Waals surface area contributed by atoms with E-state index in [4.69, 9.17) is 9.15 Å². The molecule has 0 saturated carbocycles. The number of nitrogens with zero attached hydrogens (tertiary/aromatic N) is 2. The number of carbonyl (C=O) groups excluding carboxylic acids is 1. The SMILES string of the molecule is COc1ccc(N2N=C(C(F)(F)F)/C(=C/C=C\c3ccco3)C2=O)cc1. The lowest BCUT2D eigenvalue weighted by atomic mass is 10.1. The minimum Gasteiger partial charge on any atom is -0.497 e. The molecule has 2 aromatic rings. The summed E-state index contributed by atoms with van der Waals surface area (Å²) in [5, 5.41) is 4.19. The number of rotatable bonds is 4. The number of hydrogen-bond donors (Lipinski definition) is 0. The summed E-state index contributed by atoms with van der Waals surface area (Å²) >= 11 is 0. The molecule has 0 fully saturated rings. The average Bonchev–Trinajstić information content (AvgIpc) is 3.23. The first-order valence-corrected chi connectivity index (χ1v) is 7.46. The standard InChI is InChI=1S/C18H13F3N2O3/c1-25-13-9-7-12(8-10-13)23-17(24)15(16(22-23)18(19,20)21)6-2-4-14-5-3-11-26-14/h2-11H,1H3/b4-2-,15-6-. The van der Waals surface area contributed by atoms with Crippen molar-refractivity contribution in [2.45, 2.75) is 6.18 Å². The lowest BCUT2D eigenvalue weighted by Gasteiger charge is -2.11. The van der Waals surface area contributed by atoms with Crippen LogP contribution >= 0.6 is 0 Å². The number of alkyl halides is 3. The molecule has 0 radical (unpaired) electrons. The summed E-state index contributed by atoms with van der Waals surface area (Å²) in [5.41, 5.74) is -1.59. The number of anilines is 1. The number of allylic oxidation sites excluding steroid dienone is 2. The molecule has 1 aliphatic heterocycles. The number of benzene rings is 1.